The number of nitrogens with one attached hydrogen (secondary N) is 1. The van der Waals surface area contributed by atoms with E-state index in [-0.39, 0.29) is 17.6 Å². The molecule has 3 fully saturated rings. The van der Waals surface area contributed by atoms with E-state index in [4.69, 9.17) is 4.74 Å². The van der Waals surface area contributed by atoms with Crippen LogP contribution in [0.15, 0.2) is 0 Å². The second-order valence-corrected chi connectivity index (χ2v) is 5.11. The number of nitrogens with zero attached hydrogens (tertiary/aromatic N) is 1. The highest BCUT2D eigenvalue weighted by Crippen LogP contribution is 2.46. The van der Waals surface area contributed by atoms with E-state index in [9.17, 15) is 4.79 Å². The van der Waals surface area contributed by atoms with Gasteiger partial charge in [-0.1, -0.05) is 0 Å². The van der Waals surface area contributed by atoms with Crippen LogP contribution in [0.5, 0.6) is 0 Å². The Morgan fingerprint density at radius 3 is 3.00 bits per heavy atom. The molecular weight excluding hydrogens is 180 g/mol. The first kappa shape index (κ1) is 8.68. The molecule has 0 radical (unpaired) electrons. The molecule has 14 heavy (non-hydrogen) atoms. The second-order valence-electron chi connectivity index (χ2n) is 5.11. The molecule has 4 heteroatoms. The van der Waals surface area contributed by atoms with Gasteiger partial charge in [-0.3, -0.25) is 10.1 Å². The molecule has 4 nitrogen and oxygen atoms in total. The minimum atomic E-state index is -0.492. The molecule has 0 aromatic carbocycles. The van der Waals surface area contributed by atoms with E-state index < -0.39 is 5.60 Å². The fourth-order valence-electron chi connectivity index (χ4n) is 2.94. The van der Waals surface area contributed by atoms with Gasteiger partial charge in [0.1, 0.15) is 6.17 Å². The fourth-order valence-corrected chi connectivity index (χ4v) is 2.94. The highest BCUT2D eigenvalue weighted by atomic mass is 16.5. The van der Waals surface area contributed by atoms with Crippen molar-refractivity contribution in [2.45, 2.75) is 44.0 Å². The third-order valence-electron chi connectivity index (χ3n) is 3.71. The minimum absolute atomic E-state index is 0.0427. The van der Waals surface area contributed by atoms with Gasteiger partial charge in [0.2, 0.25) is 0 Å². The van der Waals surface area contributed by atoms with Gasteiger partial charge in [-0.25, -0.2) is 0 Å². The average molecular weight is 196 g/mol. The molecule has 2 atom stereocenters. The number of hydrogen-bond donors (Lipinski definition) is 1. The average Bonchev–Trinajstić information content (AvgIpc) is 2.68. The van der Waals surface area contributed by atoms with Crippen molar-refractivity contribution in [1.29, 1.82) is 0 Å². The number of carbonyl (C=O) groups is 1. The molecule has 1 amide bonds. The van der Waals surface area contributed by atoms with Crippen LogP contribution < -0.4 is 5.32 Å². The van der Waals surface area contributed by atoms with Crippen LogP contribution >= 0.6 is 0 Å². The summed E-state index contributed by atoms with van der Waals surface area (Å²) >= 11 is 0. The Kier molecular flexibility index (Phi) is 1.43. The first-order valence-corrected chi connectivity index (χ1v) is 5.29. The van der Waals surface area contributed by atoms with E-state index in [0.29, 0.717) is 0 Å². The zero-order valence-electron chi connectivity index (χ0n) is 8.67. The van der Waals surface area contributed by atoms with Crippen molar-refractivity contribution in [2.75, 3.05) is 13.2 Å². The summed E-state index contributed by atoms with van der Waals surface area (Å²) in [7, 11) is 0. The maximum absolute atomic E-state index is 12.0. The highest BCUT2D eigenvalue weighted by molar-refractivity contribution is 5.94. The molecule has 1 spiro atoms. The third-order valence-corrected chi connectivity index (χ3v) is 3.71. The van der Waals surface area contributed by atoms with E-state index in [0.717, 1.165) is 26.0 Å². The molecule has 3 saturated heterocycles. The Balaban J connectivity index is 1.92. The lowest BCUT2D eigenvalue weighted by atomic mass is 9.83. The van der Waals surface area contributed by atoms with Crippen LogP contribution in [0, 0.1) is 0 Å². The molecule has 0 saturated carbocycles. The predicted molar refractivity (Wildman–Crippen MR) is 50.6 cm³/mol. The van der Waals surface area contributed by atoms with Crippen molar-refractivity contribution < 1.29 is 9.53 Å². The van der Waals surface area contributed by atoms with Gasteiger partial charge >= 0.3 is 0 Å². The summed E-state index contributed by atoms with van der Waals surface area (Å²) in [6, 6.07) is 0. The van der Waals surface area contributed by atoms with E-state index in [1.54, 1.807) is 0 Å². The lowest BCUT2D eigenvalue weighted by molar-refractivity contribution is -0.199. The van der Waals surface area contributed by atoms with E-state index in [1.165, 1.54) is 0 Å². The molecule has 1 N–H and O–H groups in total. The Morgan fingerprint density at radius 1 is 1.57 bits per heavy atom. The van der Waals surface area contributed by atoms with Crippen LogP contribution in [-0.4, -0.2) is 41.3 Å². The van der Waals surface area contributed by atoms with Crippen molar-refractivity contribution >= 4 is 5.91 Å². The van der Waals surface area contributed by atoms with Gasteiger partial charge in [-0.2, -0.15) is 0 Å². The molecular formula is C10H16N2O2. The predicted octanol–water partition coefficient (Wildman–Crippen LogP) is 0.0857. The Morgan fingerprint density at radius 2 is 2.36 bits per heavy atom. The number of fused-ring (bicyclic) bond motifs is 2. The van der Waals surface area contributed by atoms with Gasteiger partial charge in [-0.05, 0) is 26.7 Å². The summed E-state index contributed by atoms with van der Waals surface area (Å²) in [6.45, 7) is 5.80. The number of carbonyl (C=O) groups excluding carboxylic acids is 1. The molecule has 0 aromatic heterocycles. The quantitative estimate of drug-likeness (QED) is 0.558. The molecule has 0 aliphatic carbocycles. The zero-order chi connectivity index (χ0) is 9.97. The second kappa shape index (κ2) is 2.31. The van der Waals surface area contributed by atoms with Crippen LogP contribution in [0.2, 0.25) is 0 Å². The SMILES string of the molecule is CC1(C)CN[C@H]2N1C(=O)[C@@]21CCCO1. The third kappa shape index (κ3) is 0.754. The standard InChI is InChI=1S/C10H16N2O2/c1-9(2)6-11-7-10(4-3-5-14-10)8(13)12(7)9/h7,11H,3-6H2,1-2H3/t7-,10+/m0/s1. The van der Waals surface area contributed by atoms with Crippen molar-refractivity contribution in [3.05, 3.63) is 0 Å². The molecule has 0 unspecified atom stereocenters. The molecule has 3 rings (SSSR count). The normalized spacial score (nSPS) is 44.3. The van der Waals surface area contributed by atoms with E-state index in [1.807, 2.05) is 4.90 Å². The van der Waals surface area contributed by atoms with Gasteiger partial charge < -0.3 is 9.64 Å². The lowest BCUT2D eigenvalue weighted by Gasteiger charge is -2.53. The number of rotatable bonds is 0. The number of β-lactam (4-membered cyclic amide) rings is 1. The summed E-state index contributed by atoms with van der Waals surface area (Å²) in [5.74, 6) is 0.190. The molecule has 3 aliphatic heterocycles. The van der Waals surface area contributed by atoms with Crippen LogP contribution in [0.3, 0.4) is 0 Å². The van der Waals surface area contributed by atoms with Crippen LogP contribution in [-0.2, 0) is 9.53 Å². The van der Waals surface area contributed by atoms with Gasteiger partial charge in [0.25, 0.3) is 5.91 Å². The lowest BCUT2D eigenvalue weighted by Crippen LogP contribution is -2.76. The van der Waals surface area contributed by atoms with Crippen LogP contribution in [0.1, 0.15) is 26.7 Å². The maximum Gasteiger partial charge on any atom is 0.260 e. The topological polar surface area (TPSA) is 41.6 Å². The van der Waals surface area contributed by atoms with Crippen LogP contribution in [0.25, 0.3) is 0 Å². The maximum atomic E-state index is 12.0. The van der Waals surface area contributed by atoms with Crippen molar-refractivity contribution in [1.82, 2.24) is 10.2 Å². The molecule has 0 bridgehead atoms. The number of hydrogen-bond acceptors (Lipinski definition) is 3. The first-order valence-electron chi connectivity index (χ1n) is 5.29. The summed E-state index contributed by atoms with van der Waals surface area (Å²) in [6.07, 6.45) is 2.03. The Bertz CT molecular complexity index is 294. The number of ether oxygens (including phenoxy) is 1. The monoisotopic (exact) mass is 196 g/mol. The van der Waals surface area contributed by atoms with E-state index >= 15 is 0 Å². The minimum Gasteiger partial charge on any atom is -0.361 e. The highest BCUT2D eigenvalue weighted by Gasteiger charge is 2.68. The summed E-state index contributed by atoms with van der Waals surface area (Å²) < 4.78 is 5.64. The zero-order valence-corrected chi connectivity index (χ0v) is 8.67. The molecule has 3 aliphatic rings. The molecule has 78 valence electrons. The summed E-state index contributed by atoms with van der Waals surface area (Å²) in [5.41, 5.74) is -0.535. The van der Waals surface area contributed by atoms with Crippen LogP contribution in [0.4, 0.5) is 0 Å². The fraction of sp³-hybridized carbons (Fsp3) is 0.900. The first-order chi connectivity index (χ1) is 6.58. The summed E-state index contributed by atoms with van der Waals surface area (Å²) in [5, 5.41) is 3.39. The Labute approximate surface area is 83.6 Å². The van der Waals surface area contributed by atoms with Crippen molar-refractivity contribution in [2.24, 2.45) is 0 Å². The van der Waals surface area contributed by atoms with Gasteiger partial charge in [-0.15, -0.1) is 0 Å². The van der Waals surface area contributed by atoms with Gasteiger partial charge in [0.05, 0.1) is 5.54 Å². The van der Waals surface area contributed by atoms with E-state index in [2.05, 4.69) is 19.2 Å². The largest absolute Gasteiger partial charge is 0.361 e. The smallest absolute Gasteiger partial charge is 0.260 e. The molecule has 3 heterocycles. The summed E-state index contributed by atoms with van der Waals surface area (Å²) in [4.78, 5) is 14.0. The van der Waals surface area contributed by atoms with Gasteiger partial charge in [0, 0.05) is 13.2 Å². The number of amides is 1. The van der Waals surface area contributed by atoms with Crippen molar-refractivity contribution in [3.63, 3.8) is 0 Å². The molecule has 0 aromatic rings. The van der Waals surface area contributed by atoms with Crippen molar-refractivity contribution in [3.8, 4) is 0 Å². The van der Waals surface area contributed by atoms with Gasteiger partial charge in [0.15, 0.2) is 5.60 Å². The Hall–Kier alpha value is -0.610.